The van der Waals surface area contributed by atoms with E-state index in [4.69, 9.17) is 4.98 Å². The van der Waals surface area contributed by atoms with E-state index in [1.807, 2.05) is 6.20 Å². The molecule has 0 saturated carbocycles. The fraction of sp³-hybridized carbons (Fsp3) is 0.559. The number of imidazole rings is 1. The molecule has 0 aliphatic heterocycles. The van der Waals surface area contributed by atoms with Gasteiger partial charge in [0.15, 0.2) is 0 Å². The van der Waals surface area contributed by atoms with Crippen LogP contribution >= 0.6 is 0 Å². The van der Waals surface area contributed by atoms with Crippen LogP contribution in [-0.2, 0) is 18.4 Å². The molecule has 2 atom stereocenters. The van der Waals surface area contributed by atoms with E-state index < -0.39 is 0 Å². The van der Waals surface area contributed by atoms with Gasteiger partial charge in [0, 0.05) is 30.3 Å². The number of unbranched alkanes of at least 4 members (excludes halogenated alkanes) is 9. The van der Waals surface area contributed by atoms with Gasteiger partial charge in [0.05, 0.1) is 0 Å². The first kappa shape index (κ1) is 28.2. The average Bonchev–Trinajstić information content (AvgIpc) is 3.37. The minimum atomic E-state index is -0.0163. The van der Waals surface area contributed by atoms with Gasteiger partial charge in [0.25, 0.3) is 0 Å². The van der Waals surface area contributed by atoms with E-state index in [9.17, 15) is 0 Å². The number of benzene rings is 2. The van der Waals surface area contributed by atoms with Crippen LogP contribution in [0.4, 0.5) is 0 Å². The lowest BCUT2D eigenvalue weighted by molar-refractivity contribution is 0.321. The zero-order chi connectivity index (χ0) is 25.5. The van der Waals surface area contributed by atoms with Gasteiger partial charge >= 0.3 is 0 Å². The molecule has 0 aliphatic rings. The molecule has 0 bridgehead atoms. The van der Waals surface area contributed by atoms with E-state index >= 15 is 0 Å². The Kier molecular flexibility index (Phi) is 12.3. The maximum atomic E-state index is 5.06. The smallest absolute Gasteiger partial charge is 0.112 e. The molecule has 0 spiro atoms. The van der Waals surface area contributed by atoms with Gasteiger partial charge < -0.3 is 4.57 Å². The molecule has 0 fully saturated rings. The van der Waals surface area contributed by atoms with Crippen LogP contribution in [-0.4, -0.2) is 9.55 Å². The second kappa shape index (κ2) is 15.7. The topological polar surface area (TPSA) is 17.8 Å². The maximum Gasteiger partial charge on any atom is 0.112 e. The molecule has 2 nitrogen and oxygen atoms in total. The molecule has 3 aromatic rings. The molecule has 0 radical (unpaired) electrons. The highest BCUT2D eigenvalue weighted by Gasteiger charge is 2.39. The summed E-state index contributed by atoms with van der Waals surface area (Å²) in [5.74, 6) is 1.68. The number of nitrogens with zero attached hydrogens (tertiary/aromatic N) is 2. The molecule has 1 aromatic heterocycles. The molecule has 36 heavy (non-hydrogen) atoms. The third kappa shape index (κ3) is 8.36. The summed E-state index contributed by atoms with van der Waals surface area (Å²) >= 11 is 0. The lowest BCUT2D eigenvalue weighted by atomic mass is 9.66. The van der Waals surface area contributed by atoms with Crippen LogP contribution in [0.15, 0.2) is 73.1 Å². The summed E-state index contributed by atoms with van der Waals surface area (Å²) in [6.07, 6.45) is 21.0. The maximum absolute atomic E-state index is 5.06. The van der Waals surface area contributed by atoms with Crippen LogP contribution < -0.4 is 0 Å². The van der Waals surface area contributed by atoms with Gasteiger partial charge in [0.1, 0.15) is 5.82 Å². The van der Waals surface area contributed by atoms with Crippen molar-refractivity contribution in [3.8, 4) is 0 Å². The molecule has 196 valence electrons. The molecule has 0 amide bonds. The molecule has 0 saturated heterocycles. The number of rotatable bonds is 18. The van der Waals surface area contributed by atoms with Crippen molar-refractivity contribution < 1.29 is 0 Å². The first-order valence-corrected chi connectivity index (χ1v) is 14.8. The van der Waals surface area contributed by atoms with Crippen LogP contribution in [0, 0.1) is 0 Å². The van der Waals surface area contributed by atoms with E-state index in [1.165, 1.54) is 94.0 Å². The Morgan fingerprint density at radius 2 is 1.31 bits per heavy atom. The molecule has 3 rings (SSSR count). The molecular formula is C34H50N2. The van der Waals surface area contributed by atoms with Crippen LogP contribution in [0.1, 0.15) is 121 Å². The number of hydrogen-bond acceptors (Lipinski definition) is 1. The van der Waals surface area contributed by atoms with Crippen molar-refractivity contribution in [1.29, 1.82) is 0 Å². The van der Waals surface area contributed by atoms with Gasteiger partial charge in [0.2, 0.25) is 0 Å². The SMILES string of the molecule is CCCCCCCCn1ccnc1C(CCCCCCC)C(C)(Cc1ccccc1)c1ccccc1. The summed E-state index contributed by atoms with van der Waals surface area (Å²) in [6, 6.07) is 22.3. The van der Waals surface area contributed by atoms with Crippen LogP contribution in [0.25, 0.3) is 0 Å². The second-order valence-corrected chi connectivity index (χ2v) is 10.9. The lowest BCUT2D eigenvalue weighted by Gasteiger charge is -2.39. The summed E-state index contributed by atoms with van der Waals surface area (Å²) in [6.45, 7) is 8.17. The van der Waals surface area contributed by atoms with Gasteiger partial charge in [-0.1, -0.05) is 146 Å². The van der Waals surface area contributed by atoms with Crippen molar-refractivity contribution >= 4 is 0 Å². The zero-order valence-corrected chi connectivity index (χ0v) is 23.3. The van der Waals surface area contributed by atoms with Gasteiger partial charge in [-0.15, -0.1) is 0 Å². The Morgan fingerprint density at radius 1 is 0.722 bits per heavy atom. The third-order valence-electron chi connectivity index (χ3n) is 8.02. The van der Waals surface area contributed by atoms with Gasteiger partial charge in [-0.05, 0) is 30.4 Å². The Balaban J connectivity index is 1.88. The van der Waals surface area contributed by atoms with Crippen molar-refractivity contribution in [3.63, 3.8) is 0 Å². The summed E-state index contributed by atoms with van der Waals surface area (Å²) in [5, 5.41) is 0. The summed E-state index contributed by atoms with van der Waals surface area (Å²) < 4.78 is 2.49. The Bertz CT molecular complexity index is 946. The number of hydrogen-bond donors (Lipinski definition) is 0. The Hall–Kier alpha value is -2.35. The minimum Gasteiger partial charge on any atom is -0.335 e. The Labute approximate surface area is 221 Å². The standard InChI is InChI=1S/C34H50N2/c1-4-6-8-10-12-20-27-36-28-26-35-33(36)32(25-19-11-9-7-5-2)34(3,31-23-17-14-18-24-31)29-30-21-15-13-16-22-30/h13-18,21-24,26,28,32H,4-12,19-20,25,27,29H2,1-3H3. The highest BCUT2D eigenvalue weighted by molar-refractivity contribution is 5.33. The van der Waals surface area contributed by atoms with Gasteiger partial charge in [-0.2, -0.15) is 0 Å². The van der Waals surface area contributed by atoms with E-state index in [0.29, 0.717) is 5.92 Å². The highest BCUT2D eigenvalue weighted by atomic mass is 15.1. The van der Waals surface area contributed by atoms with Crippen LogP contribution in [0.2, 0.25) is 0 Å². The fourth-order valence-corrected chi connectivity index (χ4v) is 5.83. The summed E-state index contributed by atoms with van der Waals surface area (Å²) in [4.78, 5) is 5.06. The van der Waals surface area contributed by atoms with E-state index in [1.54, 1.807) is 0 Å². The minimum absolute atomic E-state index is 0.0163. The average molecular weight is 487 g/mol. The molecule has 1 heterocycles. The van der Waals surface area contributed by atoms with Crippen LogP contribution in [0.5, 0.6) is 0 Å². The van der Waals surface area contributed by atoms with E-state index in [0.717, 1.165) is 13.0 Å². The van der Waals surface area contributed by atoms with E-state index in [2.05, 4.69) is 92.2 Å². The first-order valence-electron chi connectivity index (χ1n) is 14.8. The molecule has 0 N–H and O–H groups in total. The molecule has 2 aromatic carbocycles. The Morgan fingerprint density at radius 3 is 1.97 bits per heavy atom. The largest absolute Gasteiger partial charge is 0.335 e. The predicted octanol–water partition coefficient (Wildman–Crippen LogP) is 9.89. The summed E-state index contributed by atoms with van der Waals surface area (Å²) in [5.41, 5.74) is 2.83. The normalized spacial score (nSPS) is 14.0. The lowest BCUT2D eigenvalue weighted by Crippen LogP contribution is -2.35. The van der Waals surface area contributed by atoms with Gasteiger partial charge in [-0.25, -0.2) is 4.98 Å². The van der Waals surface area contributed by atoms with Gasteiger partial charge in [-0.3, -0.25) is 0 Å². The number of aryl methyl sites for hydroxylation is 1. The van der Waals surface area contributed by atoms with Crippen LogP contribution in [0.3, 0.4) is 0 Å². The van der Waals surface area contributed by atoms with Crippen molar-refractivity contribution in [3.05, 3.63) is 90.0 Å². The van der Waals surface area contributed by atoms with Crippen molar-refractivity contribution in [2.24, 2.45) is 0 Å². The second-order valence-electron chi connectivity index (χ2n) is 10.9. The van der Waals surface area contributed by atoms with Crippen molar-refractivity contribution in [2.75, 3.05) is 0 Å². The van der Waals surface area contributed by atoms with Crippen molar-refractivity contribution in [1.82, 2.24) is 9.55 Å². The van der Waals surface area contributed by atoms with Crippen molar-refractivity contribution in [2.45, 2.75) is 122 Å². The molecular weight excluding hydrogens is 436 g/mol. The quantitative estimate of drug-likeness (QED) is 0.164. The summed E-state index contributed by atoms with van der Waals surface area (Å²) in [7, 11) is 0. The monoisotopic (exact) mass is 486 g/mol. The number of aromatic nitrogens is 2. The fourth-order valence-electron chi connectivity index (χ4n) is 5.83. The first-order chi connectivity index (χ1) is 17.7. The molecule has 2 heteroatoms. The highest BCUT2D eigenvalue weighted by Crippen LogP contribution is 2.44. The zero-order valence-electron chi connectivity index (χ0n) is 23.3. The molecule has 0 aliphatic carbocycles. The molecule has 2 unspecified atom stereocenters. The third-order valence-corrected chi connectivity index (χ3v) is 8.02. The van der Waals surface area contributed by atoms with E-state index in [-0.39, 0.29) is 5.41 Å². The predicted molar refractivity (Wildman–Crippen MR) is 156 cm³/mol.